The van der Waals surface area contributed by atoms with Crippen molar-refractivity contribution in [2.45, 2.75) is 36.0 Å². The summed E-state index contributed by atoms with van der Waals surface area (Å²) in [5.74, 6) is -3.17. The average Bonchev–Trinajstić information content (AvgIpc) is 3.58. The van der Waals surface area contributed by atoms with Crippen molar-refractivity contribution in [3.8, 4) is 5.75 Å². The molecule has 0 bridgehead atoms. The monoisotopic (exact) mass is 521 g/mol. The number of fused-ring (bicyclic) bond motifs is 1. The highest BCUT2D eigenvalue weighted by Crippen LogP contribution is 2.44. The number of nitrogens with one attached hydrogen (secondary N) is 3. The number of aromatic nitrogens is 1. The fraction of sp³-hybridized carbons (Fsp3) is 0.375. The summed E-state index contributed by atoms with van der Waals surface area (Å²) in [6, 6.07) is 7.23. The molecule has 14 nitrogen and oxygen atoms in total. The van der Waals surface area contributed by atoms with Gasteiger partial charge in [0.2, 0.25) is 5.79 Å². The van der Waals surface area contributed by atoms with Crippen LogP contribution in [0, 0.1) is 0 Å². The molecule has 4 aliphatic heterocycles. The molecule has 38 heavy (non-hydrogen) atoms. The number of ether oxygens (including phenoxy) is 1. The number of aliphatic imine (C=N–C) groups is 2. The van der Waals surface area contributed by atoms with Gasteiger partial charge in [-0.2, -0.15) is 0 Å². The van der Waals surface area contributed by atoms with E-state index < -0.39 is 41.4 Å². The van der Waals surface area contributed by atoms with Crippen molar-refractivity contribution in [1.82, 2.24) is 25.8 Å². The highest BCUT2D eigenvalue weighted by Gasteiger charge is 2.73. The molecule has 0 saturated carbocycles. The summed E-state index contributed by atoms with van der Waals surface area (Å²) in [7, 11) is 0. The molecule has 9 N–H and O–H groups in total. The van der Waals surface area contributed by atoms with E-state index >= 15 is 0 Å². The number of amides is 2. The SMILES string of the molecule is NC1=N[C@H]2[C@H](CNC(=O)c3ccccn3)N=C(N)N3CC(NC(=O)c4cccc5c4OCC5)C(O)(O)[C@]23N1. The summed E-state index contributed by atoms with van der Waals surface area (Å²) in [5, 5.41) is 31.5. The smallest absolute Gasteiger partial charge is 0.269 e. The predicted octanol–water partition coefficient (Wildman–Crippen LogP) is -2.78. The fourth-order valence-electron chi connectivity index (χ4n) is 5.67. The molecular weight excluding hydrogens is 494 g/mol. The van der Waals surface area contributed by atoms with Gasteiger partial charge in [-0.3, -0.25) is 14.6 Å². The van der Waals surface area contributed by atoms with E-state index in [9.17, 15) is 19.8 Å². The van der Waals surface area contributed by atoms with Crippen molar-refractivity contribution in [1.29, 1.82) is 0 Å². The third kappa shape index (κ3) is 3.44. The van der Waals surface area contributed by atoms with E-state index in [4.69, 9.17) is 16.2 Å². The quantitative estimate of drug-likeness (QED) is 0.201. The maximum absolute atomic E-state index is 13.2. The van der Waals surface area contributed by atoms with Crippen LogP contribution in [0.2, 0.25) is 0 Å². The van der Waals surface area contributed by atoms with Crippen molar-refractivity contribution < 1.29 is 24.5 Å². The molecule has 5 heterocycles. The Kier molecular flexibility index (Phi) is 5.39. The fourth-order valence-corrected chi connectivity index (χ4v) is 5.67. The topological polar surface area (TPSA) is 213 Å². The Balaban J connectivity index is 1.26. The summed E-state index contributed by atoms with van der Waals surface area (Å²) < 4.78 is 5.63. The normalized spacial score (nSPS) is 28.2. The van der Waals surface area contributed by atoms with Crippen LogP contribution in [0.5, 0.6) is 5.75 Å². The number of nitrogens with two attached hydrogens (primary N) is 2. The molecule has 0 radical (unpaired) electrons. The predicted molar refractivity (Wildman–Crippen MR) is 134 cm³/mol. The zero-order valence-electron chi connectivity index (χ0n) is 20.2. The molecule has 1 saturated heterocycles. The maximum Gasteiger partial charge on any atom is 0.269 e. The lowest BCUT2D eigenvalue weighted by Gasteiger charge is -2.49. The Hall–Kier alpha value is -4.43. The number of para-hydroxylation sites is 1. The molecule has 14 heteroatoms. The average molecular weight is 522 g/mol. The third-order valence-corrected chi connectivity index (χ3v) is 7.44. The number of hydrogen-bond acceptors (Lipinski definition) is 12. The highest BCUT2D eigenvalue weighted by atomic mass is 16.5. The van der Waals surface area contributed by atoms with Crippen molar-refractivity contribution in [2.24, 2.45) is 21.5 Å². The number of pyridine rings is 1. The van der Waals surface area contributed by atoms with Crippen molar-refractivity contribution in [3.63, 3.8) is 0 Å². The van der Waals surface area contributed by atoms with Crippen molar-refractivity contribution in [3.05, 3.63) is 59.4 Å². The van der Waals surface area contributed by atoms with E-state index in [0.29, 0.717) is 24.3 Å². The van der Waals surface area contributed by atoms with E-state index in [0.717, 1.165) is 5.56 Å². The molecule has 1 fully saturated rings. The third-order valence-electron chi connectivity index (χ3n) is 7.44. The van der Waals surface area contributed by atoms with Crippen LogP contribution in [-0.2, 0) is 6.42 Å². The molecule has 2 aromatic rings. The standard InChI is InChI=1S/C24H27N9O5/c25-21-31-18-15(10-28-20(35)14-6-1-2-8-27-14)29-22(26)33-11-16(24(36,37)23(18,33)32-21)30-19(34)13-5-3-4-12-7-9-38-17(12)13/h1-6,8,15-16,18,36-37H,7,9-11H2,(H2,26,29)(H,28,35)(H,30,34)(H3,25,31,32)/t15-,16?,18-,23-/m0/s1. The zero-order valence-corrected chi connectivity index (χ0v) is 20.2. The number of carbonyl (C=O) groups excluding carboxylic acids is 2. The lowest BCUT2D eigenvalue weighted by Crippen LogP contribution is -2.78. The number of guanidine groups is 2. The second-order valence-corrected chi connectivity index (χ2v) is 9.59. The van der Waals surface area contributed by atoms with Crippen LogP contribution >= 0.6 is 0 Å². The van der Waals surface area contributed by atoms with E-state index in [-0.39, 0.29) is 30.7 Å². The summed E-state index contributed by atoms with van der Waals surface area (Å²) in [6.45, 7) is 0.343. The van der Waals surface area contributed by atoms with E-state index in [2.05, 4.69) is 30.9 Å². The Morgan fingerprint density at radius 3 is 2.79 bits per heavy atom. The van der Waals surface area contributed by atoms with Gasteiger partial charge in [-0.25, -0.2) is 9.98 Å². The number of benzene rings is 1. The Morgan fingerprint density at radius 1 is 1.16 bits per heavy atom. The van der Waals surface area contributed by atoms with Crippen LogP contribution < -0.4 is 32.2 Å². The van der Waals surface area contributed by atoms with E-state index in [1.807, 2.05) is 6.07 Å². The number of carbonyl (C=O) groups is 2. The zero-order chi connectivity index (χ0) is 26.7. The largest absolute Gasteiger partial charge is 0.492 e. The molecule has 1 spiro atoms. The van der Waals surface area contributed by atoms with Gasteiger partial charge in [0.15, 0.2) is 17.6 Å². The molecule has 4 atom stereocenters. The second-order valence-electron chi connectivity index (χ2n) is 9.59. The number of nitrogens with zero attached hydrogens (tertiary/aromatic N) is 4. The molecule has 4 aliphatic rings. The number of aliphatic hydroxyl groups is 2. The molecular formula is C24H27N9O5. The number of rotatable bonds is 5. The van der Waals surface area contributed by atoms with E-state index in [1.54, 1.807) is 30.3 Å². The van der Waals surface area contributed by atoms with Crippen LogP contribution in [-0.4, -0.2) is 93.1 Å². The van der Waals surface area contributed by atoms with Gasteiger partial charge in [-0.15, -0.1) is 0 Å². The van der Waals surface area contributed by atoms with Crippen LogP contribution in [0.25, 0.3) is 0 Å². The van der Waals surface area contributed by atoms with Crippen LogP contribution in [0.1, 0.15) is 26.4 Å². The molecule has 1 unspecified atom stereocenters. The van der Waals surface area contributed by atoms with Gasteiger partial charge < -0.3 is 47.3 Å². The molecule has 2 amide bonds. The Morgan fingerprint density at radius 2 is 2.00 bits per heavy atom. The first-order valence-electron chi connectivity index (χ1n) is 12.1. The van der Waals surface area contributed by atoms with Gasteiger partial charge >= 0.3 is 0 Å². The lowest BCUT2D eigenvalue weighted by atomic mass is 9.85. The minimum absolute atomic E-state index is 0.0242. The second kappa shape index (κ2) is 8.56. The molecule has 198 valence electrons. The van der Waals surface area contributed by atoms with Gasteiger partial charge in [0.05, 0.1) is 18.2 Å². The van der Waals surface area contributed by atoms with Crippen LogP contribution in [0.15, 0.2) is 52.6 Å². The first-order valence-corrected chi connectivity index (χ1v) is 12.1. The molecule has 1 aromatic carbocycles. The van der Waals surface area contributed by atoms with Gasteiger partial charge in [0, 0.05) is 25.7 Å². The first kappa shape index (κ1) is 23.9. The Bertz CT molecular complexity index is 1360. The van der Waals surface area contributed by atoms with Gasteiger partial charge in [0.1, 0.15) is 23.5 Å². The Labute approximate surface area is 216 Å². The van der Waals surface area contributed by atoms with Crippen molar-refractivity contribution >= 4 is 23.7 Å². The maximum atomic E-state index is 13.2. The van der Waals surface area contributed by atoms with Gasteiger partial charge in [-0.05, 0) is 23.8 Å². The summed E-state index contributed by atoms with van der Waals surface area (Å²) in [5.41, 5.74) is 12.0. The summed E-state index contributed by atoms with van der Waals surface area (Å²) in [4.78, 5) is 40.1. The molecule has 6 rings (SSSR count). The molecule has 0 aliphatic carbocycles. The van der Waals surface area contributed by atoms with Gasteiger partial charge in [-0.1, -0.05) is 18.2 Å². The minimum atomic E-state index is -2.60. The highest BCUT2D eigenvalue weighted by molar-refractivity contribution is 5.98. The van der Waals surface area contributed by atoms with Crippen LogP contribution in [0.4, 0.5) is 0 Å². The lowest BCUT2D eigenvalue weighted by molar-refractivity contribution is -0.230. The summed E-state index contributed by atoms with van der Waals surface area (Å²) >= 11 is 0. The van der Waals surface area contributed by atoms with Crippen LogP contribution in [0.3, 0.4) is 0 Å². The minimum Gasteiger partial charge on any atom is -0.492 e. The summed E-state index contributed by atoms with van der Waals surface area (Å²) in [6.07, 6.45) is 2.19. The van der Waals surface area contributed by atoms with Gasteiger partial charge in [0.25, 0.3) is 11.8 Å². The van der Waals surface area contributed by atoms with E-state index in [1.165, 1.54) is 11.1 Å². The molecule has 1 aromatic heterocycles. The van der Waals surface area contributed by atoms with Crippen molar-refractivity contribution in [2.75, 3.05) is 19.7 Å². The first-order chi connectivity index (χ1) is 18.2. The number of hydrogen-bond donors (Lipinski definition) is 7.